The molecule has 1 aromatic rings. The molecule has 1 unspecified atom stereocenters. The molecule has 0 amide bonds. The van der Waals surface area contributed by atoms with Gasteiger partial charge in [0.2, 0.25) is 5.95 Å². The average molecular weight is 211 g/mol. The second-order valence-corrected chi connectivity index (χ2v) is 3.44. The number of halogens is 1. The zero-order valence-corrected chi connectivity index (χ0v) is 8.74. The quantitative estimate of drug-likeness (QED) is 0.565. The maximum Gasteiger partial charge on any atom is 0.225 e. The van der Waals surface area contributed by atoms with Gasteiger partial charge in [-0.15, -0.1) is 0 Å². The minimum absolute atomic E-state index is 0.0800. The van der Waals surface area contributed by atoms with Crippen LogP contribution in [0.5, 0.6) is 0 Å². The summed E-state index contributed by atoms with van der Waals surface area (Å²) in [6.07, 6.45) is 2.22. The third kappa shape index (κ3) is 3.16. The van der Waals surface area contributed by atoms with Crippen molar-refractivity contribution in [1.82, 2.24) is 9.97 Å². The Balaban J connectivity index is 2.64. The Kier molecular flexibility index (Phi) is 3.54. The molecule has 0 bridgehead atoms. The van der Waals surface area contributed by atoms with Gasteiger partial charge in [-0.3, -0.25) is 5.41 Å². The van der Waals surface area contributed by atoms with Gasteiger partial charge in [-0.25, -0.2) is 14.4 Å². The fourth-order valence-corrected chi connectivity index (χ4v) is 1.09. The number of nitrogens with one attached hydrogen (secondary N) is 1. The number of nitrogens with zero attached hydrogens (tertiary/aromatic N) is 3. The molecular formula is C9H14FN5. The van der Waals surface area contributed by atoms with E-state index in [-0.39, 0.29) is 11.8 Å². The molecule has 0 spiro atoms. The van der Waals surface area contributed by atoms with Gasteiger partial charge in [0.25, 0.3) is 0 Å². The van der Waals surface area contributed by atoms with Crippen LogP contribution in [0.2, 0.25) is 0 Å². The second-order valence-electron chi connectivity index (χ2n) is 3.44. The van der Waals surface area contributed by atoms with Gasteiger partial charge >= 0.3 is 0 Å². The molecule has 3 N–H and O–H groups in total. The van der Waals surface area contributed by atoms with Crippen molar-refractivity contribution in [3.05, 3.63) is 18.2 Å². The Morgan fingerprint density at radius 2 is 2.13 bits per heavy atom. The van der Waals surface area contributed by atoms with Crippen molar-refractivity contribution >= 4 is 11.8 Å². The fourth-order valence-electron chi connectivity index (χ4n) is 1.09. The Labute approximate surface area is 87.6 Å². The molecule has 1 aromatic heterocycles. The SMILES string of the molecule is CC(CN(C)c1ncc(F)cn1)C(=N)N. The average Bonchev–Trinajstić information content (AvgIpc) is 2.18. The van der Waals surface area contributed by atoms with E-state index in [2.05, 4.69) is 9.97 Å². The molecule has 0 aliphatic rings. The van der Waals surface area contributed by atoms with Crippen LogP contribution in [-0.4, -0.2) is 29.4 Å². The predicted molar refractivity (Wildman–Crippen MR) is 56.3 cm³/mol. The van der Waals surface area contributed by atoms with Crippen LogP contribution in [0.25, 0.3) is 0 Å². The van der Waals surface area contributed by atoms with E-state index in [1.165, 1.54) is 0 Å². The van der Waals surface area contributed by atoms with E-state index < -0.39 is 5.82 Å². The molecule has 1 heterocycles. The van der Waals surface area contributed by atoms with Gasteiger partial charge in [0, 0.05) is 19.5 Å². The van der Waals surface area contributed by atoms with E-state index in [1.807, 2.05) is 6.92 Å². The van der Waals surface area contributed by atoms with Gasteiger partial charge in [-0.05, 0) is 0 Å². The van der Waals surface area contributed by atoms with Crippen molar-refractivity contribution in [2.45, 2.75) is 6.92 Å². The smallest absolute Gasteiger partial charge is 0.225 e. The van der Waals surface area contributed by atoms with Gasteiger partial charge in [0.15, 0.2) is 5.82 Å². The van der Waals surface area contributed by atoms with E-state index >= 15 is 0 Å². The molecule has 0 aliphatic carbocycles. The van der Waals surface area contributed by atoms with Crippen molar-refractivity contribution in [3.63, 3.8) is 0 Å². The van der Waals surface area contributed by atoms with E-state index in [1.54, 1.807) is 11.9 Å². The largest absolute Gasteiger partial charge is 0.387 e. The zero-order valence-electron chi connectivity index (χ0n) is 8.74. The van der Waals surface area contributed by atoms with Gasteiger partial charge in [0.1, 0.15) is 0 Å². The Bertz CT molecular complexity index is 337. The van der Waals surface area contributed by atoms with Crippen LogP contribution in [0.4, 0.5) is 10.3 Å². The molecule has 82 valence electrons. The molecule has 15 heavy (non-hydrogen) atoms. The van der Waals surface area contributed by atoms with E-state index in [0.717, 1.165) is 12.4 Å². The first kappa shape index (κ1) is 11.4. The highest BCUT2D eigenvalue weighted by atomic mass is 19.1. The van der Waals surface area contributed by atoms with Crippen LogP contribution in [0, 0.1) is 17.1 Å². The van der Waals surface area contributed by atoms with Crippen molar-refractivity contribution in [2.75, 3.05) is 18.5 Å². The molecule has 1 atom stereocenters. The summed E-state index contributed by atoms with van der Waals surface area (Å²) < 4.78 is 12.5. The molecule has 0 saturated carbocycles. The molecule has 6 heteroatoms. The summed E-state index contributed by atoms with van der Waals surface area (Å²) in [6.45, 7) is 2.36. The standard InChI is InChI=1S/C9H14FN5/c1-6(8(11)12)5-15(2)9-13-3-7(10)4-14-9/h3-4,6H,5H2,1-2H3,(H3,11,12). The van der Waals surface area contributed by atoms with Gasteiger partial charge in [-0.1, -0.05) is 6.92 Å². The number of hydrogen-bond donors (Lipinski definition) is 2. The van der Waals surface area contributed by atoms with Crippen molar-refractivity contribution in [1.29, 1.82) is 5.41 Å². The molecule has 0 fully saturated rings. The van der Waals surface area contributed by atoms with Crippen LogP contribution in [0.3, 0.4) is 0 Å². The lowest BCUT2D eigenvalue weighted by Crippen LogP contribution is -2.32. The number of rotatable bonds is 4. The van der Waals surface area contributed by atoms with Crippen LogP contribution in [0.1, 0.15) is 6.92 Å². The Morgan fingerprint density at radius 3 is 2.60 bits per heavy atom. The summed E-state index contributed by atoms with van der Waals surface area (Å²) in [4.78, 5) is 9.37. The van der Waals surface area contributed by atoms with E-state index in [4.69, 9.17) is 11.1 Å². The number of hydrogen-bond acceptors (Lipinski definition) is 4. The lowest BCUT2D eigenvalue weighted by Gasteiger charge is -2.20. The second kappa shape index (κ2) is 4.68. The minimum atomic E-state index is -0.466. The first-order valence-electron chi connectivity index (χ1n) is 4.53. The van der Waals surface area contributed by atoms with Crippen LogP contribution < -0.4 is 10.6 Å². The highest BCUT2D eigenvalue weighted by Crippen LogP contribution is 2.06. The Morgan fingerprint density at radius 1 is 1.60 bits per heavy atom. The monoisotopic (exact) mass is 211 g/mol. The maximum atomic E-state index is 12.5. The lowest BCUT2D eigenvalue weighted by molar-refractivity contribution is 0.610. The summed E-state index contributed by atoms with van der Waals surface area (Å²) in [5, 5.41) is 7.24. The summed E-state index contributed by atoms with van der Waals surface area (Å²) in [5.74, 6) is -0.0103. The zero-order chi connectivity index (χ0) is 11.4. The van der Waals surface area contributed by atoms with Crippen LogP contribution in [-0.2, 0) is 0 Å². The first-order valence-corrected chi connectivity index (χ1v) is 4.53. The van der Waals surface area contributed by atoms with Crippen molar-refractivity contribution < 1.29 is 4.39 Å². The Hall–Kier alpha value is -1.72. The first-order chi connectivity index (χ1) is 7.00. The normalized spacial score (nSPS) is 12.2. The van der Waals surface area contributed by atoms with Gasteiger partial charge in [0.05, 0.1) is 18.2 Å². The molecule has 0 saturated heterocycles. The molecular weight excluding hydrogens is 197 g/mol. The summed E-state index contributed by atoms with van der Waals surface area (Å²) >= 11 is 0. The molecule has 1 rings (SSSR count). The minimum Gasteiger partial charge on any atom is -0.387 e. The van der Waals surface area contributed by atoms with Crippen LogP contribution in [0.15, 0.2) is 12.4 Å². The van der Waals surface area contributed by atoms with E-state index in [9.17, 15) is 4.39 Å². The van der Waals surface area contributed by atoms with Crippen LogP contribution >= 0.6 is 0 Å². The van der Waals surface area contributed by atoms with Crippen molar-refractivity contribution in [3.8, 4) is 0 Å². The molecule has 5 nitrogen and oxygen atoms in total. The summed E-state index contributed by atoms with van der Waals surface area (Å²) in [6, 6.07) is 0. The summed E-state index contributed by atoms with van der Waals surface area (Å²) in [5.41, 5.74) is 5.34. The van der Waals surface area contributed by atoms with Crippen molar-refractivity contribution in [2.24, 2.45) is 11.7 Å². The third-order valence-corrected chi connectivity index (χ3v) is 2.03. The number of nitrogens with two attached hydrogens (primary N) is 1. The van der Waals surface area contributed by atoms with E-state index in [0.29, 0.717) is 12.5 Å². The van der Waals surface area contributed by atoms with Gasteiger partial charge < -0.3 is 10.6 Å². The molecule has 0 radical (unpaired) electrons. The number of aromatic nitrogens is 2. The highest BCUT2D eigenvalue weighted by molar-refractivity contribution is 5.79. The predicted octanol–water partition coefficient (Wildman–Crippen LogP) is 0.624. The topological polar surface area (TPSA) is 78.9 Å². The molecule has 0 aliphatic heterocycles. The third-order valence-electron chi connectivity index (χ3n) is 2.03. The number of anilines is 1. The number of amidine groups is 1. The maximum absolute atomic E-state index is 12.5. The highest BCUT2D eigenvalue weighted by Gasteiger charge is 2.11. The van der Waals surface area contributed by atoms with Gasteiger partial charge in [-0.2, -0.15) is 0 Å². The summed E-state index contributed by atoms with van der Waals surface area (Å²) in [7, 11) is 1.77. The molecule has 0 aromatic carbocycles. The lowest BCUT2D eigenvalue weighted by atomic mass is 10.1. The fraction of sp³-hybridized carbons (Fsp3) is 0.444.